The number of nitrogens with one attached hydrogen (secondary N) is 1. The number of nitrogens with zero attached hydrogens (tertiary/aromatic N) is 5. The fourth-order valence-electron chi connectivity index (χ4n) is 4.03. The minimum atomic E-state index is -0.283. The summed E-state index contributed by atoms with van der Waals surface area (Å²) < 4.78 is 16.1. The van der Waals surface area contributed by atoms with Crippen LogP contribution in [0, 0.1) is 11.2 Å². The number of aromatic nitrogens is 2. The summed E-state index contributed by atoms with van der Waals surface area (Å²) in [5, 5.41) is 8.62. The largest absolute Gasteiger partial charge is 0.354 e. The molecule has 1 N–H and O–H groups in total. The van der Waals surface area contributed by atoms with Gasteiger partial charge in [-0.15, -0.1) is 0 Å². The number of piperazine rings is 1. The molecule has 1 aliphatic carbocycles. The molecule has 0 amide bonds. The molecule has 3 aliphatic rings. The predicted molar refractivity (Wildman–Crippen MR) is 111 cm³/mol. The van der Waals surface area contributed by atoms with Crippen molar-refractivity contribution in [3.8, 4) is 0 Å². The van der Waals surface area contributed by atoms with E-state index in [1.807, 2.05) is 30.1 Å². The fourth-order valence-corrected chi connectivity index (χ4v) is 4.03. The molecule has 0 atom stereocenters. The van der Waals surface area contributed by atoms with Crippen LogP contribution in [-0.2, 0) is 0 Å². The molecule has 1 aromatic carbocycles. The standard InChI is InChI=1S/C22H24FN6/c1-27-12-16(13-27)18-10-15(2-5-19(18)23)22(24)20-11-21(26-14-25-20)29-8-6-28(7-9-29)17-3-4-17/h2,5,10-14,17,24H,3-4,6-9H2,1H3/q+1. The summed E-state index contributed by atoms with van der Waals surface area (Å²) in [6, 6.07) is 7.46. The van der Waals surface area contributed by atoms with Gasteiger partial charge in [0.25, 0.3) is 0 Å². The SMILES string of the molecule is C[N+]1=CC(c2cc(C(=N)c3cc(N4CCN(C5CC5)CC4)ncn3)ccc2F)=C1. The van der Waals surface area contributed by atoms with Crippen LogP contribution in [0.15, 0.2) is 36.8 Å². The number of halogens is 1. The Morgan fingerprint density at radius 1 is 1.14 bits per heavy atom. The van der Waals surface area contributed by atoms with Gasteiger partial charge in [-0.05, 0) is 31.0 Å². The number of hydrogen-bond donors (Lipinski definition) is 1. The van der Waals surface area contributed by atoms with Crippen molar-refractivity contribution in [2.45, 2.75) is 18.9 Å². The number of benzene rings is 1. The molecule has 5 rings (SSSR count). The van der Waals surface area contributed by atoms with Gasteiger partial charge >= 0.3 is 0 Å². The zero-order valence-corrected chi connectivity index (χ0v) is 16.5. The second kappa shape index (κ2) is 7.15. The third-order valence-electron chi connectivity index (χ3n) is 5.86. The van der Waals surface area contributed by atoms with Gasteiger partial charge in [-0.25, -0.2) is 18.9 Å². The summed E-state index contributed by atoms with van der Waals surface area (Å²) in [7, 11) is 1.90. The van der Waals surface area contributed by atoms with Crippen molar-refractivity contribution in [2.75, 3.05) is 38.1 Å². The highest BCUT2D eigenvalue weighted by Crippen LogP contribution is 2.28. The van der Waals surface area contributed by atoms with Gasteiger partial charge in [0.15, 0.2) is 12.4 Å². The van der Waals surface area contributed by atoms with Crippen molar-refractivity contribution in [1.82, 2.24) is 14.9 Å². The average Bonchev–Trinajstić information content (AvgIpc) is 3.57. The van der Waals surface area contributed by atoms with Crippen LogP contribution in [0.4, 0.5) is 10.2 Å². The number of hydrogen-bond acceptors (Lipinski definition) is 5. The topological polar surface area (TPSA) is 59.1 Å². The predicted octanol–water partition coefficient (Wildman–Crippen LogP) is 2.38. The molecule has 148 valence electrons. The van der Waals surface area contributed by atoms with E-state index in [4.69, 9.17) is 5.41 Å². The van der Waals surface area contributed by atoms with Crippen molar-refractivity contribution in [3.63, 3.8) is 0 Å². The molecule has 3 heterocycles. The monoisotopic (exact) mass is 391 g/mol. The molecule has 0 bridgehead atoms. The summed E-state index contributed by atoms with van der Waals surface area (Å²) in [5.74, 6) is 0.572. The van der Waals surface area contributed by atoms with Crippen LogP contribution in [0.3, 0.4) is 0 Å². The zero-order chi connectivity index (χ0) is 20.0. The molecule has 0 spiro atoms. The Morgan fingerprint density at radius 2 is 1.90 bits per heavy atom. The van der Waals surface area contributed by atoms with E-state index in [-0.39, 0.29) is 11.5 Å². The smallest absolute Gasteiger partial charge is 0.182 e. The minimum absolute atomic E-state index is 0.278. The van der Waals surface area contributed by atoms with E-state index in [9.17, 15) is 4.39 Å². The van der Waals surface area contributed by atoms with Crippen molar-refractivity contribution in [2.24, 2.45) is 0 Å². The fraction of sp³-hybridized carbons (Fsp3) is 0.364. The molecule has 29 heavy (non-hydrogen) atoms. The quantitative estimate of drug-likeness (QED) is 0.628. The van der Waals surface area contributed by atoms with E-state index in [1.54, 1.807) is 12.1 Å². The van der Waals surface area contributed by atoms with Crippen LogP contribution >= 0.6 is 0 Å². The first-order valence-corrected chi connectivity index (χ1v) is 10.1. The lowest BCUT2D eigenvalue weighted by Crippen LogP contribution is -2.47. The van der Waals surface area contributed by atoms with E-state index in [0.717, 1.165) is 43.6 Å². The molecule has 1 saturated heterocycles. The van der Waals surface area contributed by atoms with Gasteiger partial charge in [0, 0.05) is 49.4 Å². The number of rotatable bonds is 5. The highest BCUT2D eigenvalue weighted by Gasteiger charge is 2.31. The molecular formula is C22H24FN6+. The lowest BCUT2D eigenvalue weighted by atomic mass is 9.98. The molecular weight excluding hydrogens is 367 g/mol. The Labute approximate surface area is 169 Å². The summed E-state index contributed by atoms with van der Waals surface area (Å²) >= 11 is 0. The average molecular weight is 391 g/mol. The summed E-state index contributed by atoms with van der Waals surface area (Å²) in [6.07, 6.45) is 7.93. The summed E-state index contributed by atoms with van der Waals surface area (Å²) in [4.78, 5) is 13.6. The second-order valence-corrected chi connectivity index (χ2v) is 7.96. The molecule has 1 saturated carbocycles. The van der Waals surface area contributed by atoms with Crippen LogP contribution < -0.4 is 4.90 Å². The first-order valence-electron chi connectivity index (χ1n) is 10.1. The highest BCUT2D eigenvalue weighted by molar-refractivity contribution is 6.13. The van der Waals surface area contributed by atoms with Crippen molar-refractivity contribution in [1.29, 1.82) is 5.41 Å². The molecule has 7 heteroatoms. The molecule has 0 unspecified atom stereocenters. The number of allylic oxidation sites excluding steroid dienone is 1. The molecule has 2 aliphatic heterocycles. The molecule has 2 fully saturated rings. The van der Waals surface area contributed by atoms with E-state index >= 15 is 0 Å². The first-order chi connectivity index (χ1) is 14.1. The van der Waals surface area contributed by atoms with E-state index in [2.05, 4.69) is 19.8 Å². The van der Waals surface area contributed by atoms with Gasteiger partial charge in [-0.3, -0.25) is 10.3 Å². The van der Waals surface area contributed by atoms with Crippen LogP contribution in [0.5, 0.6) is 0 Å². The van der Waals surface area contributed by atoms with Crippen LogP contribution in [0.25, 0.3) is 5.57 Å². The highest BCUT2D eigenvalue weighted by atomic mass is 19.1. The summed E-state index contributed by atoms with van der Waals surface area (Å²) in [5.41, 5.74) is 2.82. The Morgan fingerprint density at radius 3 is 2.59 bits per heavy atom. The molecule has 0 radical (unpaired) electrons. The number of anilines is 1. The van der Waals surface area contributed by atoms with Crippen LogP contribution in [0.2, 0.25) is 0 Å². The Balaban J connectivity index is 1.35. The van der Waals surface area contributed by atoms with Gasteiger partial charge in [-0.2, -0.15) is 0 Å². The van der Waals surface area contributed by atoms with Gasteiger partial charge < -0.3 is 4.90 Å². The van der Waals surface area contributed by atoms with Crippen molar-refractivity contribution in [3.05, 3.63) is 59.4 Å². The maximum atomic E-state index is 14.2. The molecule has 1 aromatic heterocycles. The van der Waals surface area contributed by atoms with E-state index < -0.39 is 0 Å². The third-order valence-corrected chi connectivity index (χ3v) is 5.86. The normalized spacial score (nSPS) is 19.4. The maximum absolute atomic E-state index is 14.2. The van der Waals surface area contributed by atoms with Crippen LogP contribution in [0.1, 0.15) is 29.7 Å². The minimum Gasteiger partial charge on any atom is -0.354 e. The van der Waals surface area contributed by atoms with Crippen molar-refractivity contribution < 1.29 is 8.97 Å². The third kappa shape index (κ3) is 3.58. The lowest BCUT2D eigenvalue weighted by molar-refractivity contribution is -0.423. The van der Waals surface area contributed by atoms with E-state index in [1.165, 1.54) is 25.2 Å². The van der Waals surface area contributed by atoms with Gasteiger partial charge in [0.2, 0.25) is 0 Å². The Kier molecular flexibility index (Phi) is 4.47. The molecule has 6 nitrogen and oxygen atoms in total. The van der Waals surface area contributed by atoms with Crippen molar-refractivity contribution >= 4 is 23.3 Å². The summed E-state index contributed by atoms with van der Waals surface area (Å²) in [6.45, 7) is 4.00. The molecule has 2 aromatic rings. The first kappa shape index (κ1) is 18.1. The Bertz CT molecular complexity index is 1030. The second-order valence-electron chi connectivity index (χ2n) is 7.96. The zero-order valence-electron chi connectivity index (χ0n) is 16.5. The van der Waals surface area contributed by atoms with Gasteiger partial charge in [0.1, 0.15) is 30.6 Å². The van der Waals surface area contributed by atoms with Gasteiger partial charge in [-0.1, -0.05) is 0 Å². The van der Waals surface area contributed by atoms with E-state index in [0.29, 0.717) is 16.8 Å². The van der Waals surface area contributed by atoms with Gasteiger partial charge in [0.05, 0.1) is 11.4 Å². The maximum Gasteiger partial charge on any atom is 0.182 e. The lowest BCUT2D eigenvalue weighted by Gasteiger charge is -2.35. The Hall–Kier alpha value is -2.93. The van der Waals surface area contributed by atoms with Crippen LogP contribution in [-0.4, -0.2) is 70.6 Å².